The smallest absolute Gasteiger partial charge is 0.284 e. The van der Waals surface area contributed by atoms with E-state index in [9.17, 15) is 9.59 Å². The van der Waals surface area contributed by atoms with Gasteiger partial charge in [-0.2, -0.15) is 0 Å². The SMILES string of the molecule is CCCCCCCCC=CCCCCCCC(=O)C(N)=O. The van der Waals surface area contributed by atoms with Crippen LogP contribution in [0.3, 0.4) is 0 Å². The molecule has 3 nitrogen and oxygen atoms in total. The number of unbranched alkanes of at least 4 members (excludes halogenated alkanes) is 10. The number of Topliss-reactive ketones (excluding diaryl/α,β-unsaturated/α-hetero) is 1. The Morgan fingerprint density at radius 3 is 1.76 bits per heavy atom. The fraction of sp³-hybridized carbons (Fsp3) is 0.778. The number of nitrogens with two attached hydrogens (primary N) is 1. The molecule has 0 saturated carbocycles. The zero-order valence-corrected chi connectivity index (χ0v) is 13.7. The lowest BCUT2D eigenvalue weighted by atomic mass is 10.1. The van der Waals surface area contributed by atoms with Crippen LogP contribution < -0.4 is 5.73 Å². The van der Waals surface area contributed by atoms with Crippen molar-refractivity contribution in [3.8, 4) is 0 Å². The molecule has 0 aromatic rings. The summed E-state index contributed by atoms with van der Waals surface area (Å²) >= 11 is 0. The minimum atomic E-state index is -0.798. The largest absolute Gasteiger partial charge is 0.363 e. The molecule has 0 rings (SSSR count). The van der Waals surface area contributed by atoms with Crippen LogP contribution in [0.1, 0.15) is 90.4 Å². The van der Waals surface area contributed by atoms with Gasteiger partial charge >= 0.3 is 0 Å². The minimum Gasteiger partial charge on any atom is -0.363 e. The number of hydrogen-bond acceptors (Lipinski definition) is 2. The first-order valence-electron chi connectivity index (χ1n) is 8.66. The Labute approximate surface area is 130 Å². The fourth-order valence-electron chi connectivity index (χ4n) is 2.30. The lowest BCUT2D eigenvalue weighted by molar-refractivity contribution is -0.136. The Kier molecular flexibility index (Phi) is 14.5. The summed E-state index contributed by atoms with van der Waals surface area (Å²) in [5.41, 5.74) is 4.89. The van der Waals surface area contributed by atoms with Crippen molar-refractivity contribution in [2.75, 3.05) is 0 Å². The minimum absolute atomic E-state index is 0.309. The molecule has 0 aromatic carbocycles. The molecule has 122 valence electrons. The van der Waals surface area contributed by atoms with Gasteiger partial charge in [0.05, 0.1) is 0 Å². The lowest BCUT2D eigenvalue weighted by Gasteiger charge is -1.99. The molecule has 1 amide bonds. The van der Waals surface area contributed by atoms with E-state index in [1.54, 1.807) is 0 Å². The number of carbonyl (C=O) groups excluding carboxylic acids is 2. The van der Waals surface area contributed by atoms with Crippen LogP contribution in [0.25, 0.3) is 0 Å². The van der Waals surface area contributed by atoms with Crippen molar-refractivity contribution in [1.82, 2.24) is 0 Å². The summed E-state index contributed by atoms with van der Waals surface area (Å²) in [6, 6.07) is 0. The number of carbonyl (C=O) groups is 2. The molecule has 0 aliphatic carbocycles. The van der Waals surface area contributed by atoms with Crippen LogP contribution in [0.4, 0.5) is 0 Å². The van der Waals surface area contributed by atoms with Crippen molar-refractivity contribution in [2.24, 2.45) is 5.73 Å². The van der Waals surface area contributed by atoms with Crippen molar-refractivity contribution in [3.63, 3.8) is 0 Å². The van der Waals surface area contributed by atoms with Crippen molar-refractivity contribution in [3.05, 3.63) is 12.2 Å². The van der Waals surface area contributed by atoms with Crippen molar-refractivity contribution < 1.29 is 9.59 Å². The highest BCUT2D eigenvalue weighted by molar-refractivity contribution is 6.35. The number of rotatable bonds is 15. The van der Waals surface area contributed by atoms with E-state index in [4.69, 9.17) is 5.73 Å². The summed E-state index contributed by atoms with van der Waals surface area (Å²) < 4.78 is 0. The summed E-state index contributed by atoms with van der Waals surface area (Å²) in [5.74, 6) is -1.23. The molecule has 3 heteroatoms. The van der Waals surface area contributed by atoms with Gasteiger partial charge in [-0.25, -0.2) is 0 Å². The van der Waals surface area contributed by atoms with E-state index in [-0.39, 0.29) is 0 Å². The third kappa shape index (κ3) is 15.1. The second-order valence-electron chi connectivity index (χ2n) is 5.77. The monoisotopic (exact) mass is 295 g/mol. The predicted molar refractivity (Wildman–Crippen MR) is 89.0 cm³/mol. The molecule has 0 aliphatic rings. The van der Waals surface area contributed by atoms with Gasteiger partial charge in [0.25, 0.3) is 5.91 Å². The number of ketones is 1. The summed E-state index contributed by atoms with van der Waals surface area (Å²) in [5, 5.41) is 0. The van der Waals surface area contributed by atoms with E-state index >= 15 is 0 Å². The third-order valence-corrected chi connectivity index (χ3v) is 3.69. The summed E-state index contributed by atoms with van der Waals surface area (Å²) in [6.07, 6.45) is 19.4. The van der Waals surface area contributed by atoms with E-state index in [2.05, 4.69) is 19.1 Å². The van der Waals surface area contributed by atoms with Gasteiger partial charge in [-0.3, -0.25) is 9.59 Å². The first-order chi connectivity index (χ1) is 10.2. The standard InChI is InChI=1S/C18H33NO2/c1-2-3-4-5-6-7-8-9-10-11-12-13-14-15-16-17(20)18(19)21/h9-10H,2-8,11-16H2,1H3,(H2,19,21). The maximum Gasteiger partial charge on any atom is 0.284 e. The summed E-state index contributed by atoms with van der Waals surface area (Å²) in [6.45, 7) is 2.25. The zero-order chi connectivity index (χ0) is 15.8. The van der Waals surface area contributed by atoms with Crippen LogP contribution in [0.2, 0.25) is 0 Å². The van der Waals surface area contributed by atoms with Gasteiger partial charge < -0.3 is 5.73 Å². The Hall–Kier alpha value is -1.12. The molecule has 0 heterocycles. The van der Waals surface area contributed by atoms with Gasteiger partial charge in [0.1, 0.15) is 0 Å². The van der Waals surface area contributed by atoms with Crippen LogP contribution in [-0.4, -0.2) is 11.7 Å². The second-order valence-corrected chi connectivity index (χ2v) is 5.77. The van der Waals surface area contributed by atoms with E-state index in [1.807, 2.05) is 0 Å². The molecule has 0 radical (unpaired) electrons. The Bertz CT molecular complexity index is 298. The first-order valence-corrected chi connectivity index (χ1v) is 8.66. The summed E-state index contributed by atoms with van der Waals surface area (Å²) in [7, 11) is 0. The molecule has 0 unspecified atom stereocenters. The molecular weight excluding hydrogens is 262 g/mol. The molecular formula is C18H33NO2. The number of primary amides is 1. The fourth-order valence-corrected chi connectivity index (χ4v) is 2.30. The maximum absolute atomic E-state index is 11.0. The third-order valence-electron chi connectivity index (χ3n) is 3.69. The molecule has 0 fully saturated rings. The molecule has 0 spiro atoms. The molecule has 0 saturated heterocycles. The first kappa shape index (κ1) is 19.9. The van der Waals surface area contributed by atoms with E-state index < -0.39 is 11.7 Å². The van der Waals surface area contributed by atoms with E-state index in [0.29, 0.717) is 6.42 Å². The molecule has 2 N–H and O–H groups in total. The zero-order valence-electron chi connectivity index (χ0n) is 13.7. The highest BCUT2D eigenvalue weighted by atomic mass is 16.2. The quantitative estimate of drug-likeness (QED) is 0.271. The molecule has 0 bridgehead atoms. The molecule has 0 atom stereocenters. The van der Waals surface area contributed by atoms with Crippen LogP contribution >= 0.6 is 0 Å². The second kappa shape index (κ2) is 15.3. The van der Waals surface area contributed by atoms with Gasteiger partial charge in [-0.15, -0.1) is 0 Å². The molecule has 0 aromatic heterocycles. The van der Waals surface area contributed by atoms with Gasteiger partial charge in [0.2, 0.25) is 5.78 Å². The van der Waals surface area contributed by atoms with Crippen LogP contribution in [-0.2, 0) is 9.59 Å². The maximum atomic E-state index is 11.0. The van der Waals surface area contributed by atoms with Gasteiger partial charge in [0, 0.05) is 6.42 Å². The van der Waals surface area contributed by atoms with Crippen molar-refractivity contribution in [1.29, 1.82) is 0 Å². The summed E-state index contributed by atoms with van der Waals surface area (Å²) in [4.78, 5) is 21.5. The molecule has 0 aliphatic heterocycles. The van der Waals surface area contributed by atoms with Crippen LogP contribution in [0, 0.1) is 0 Å². The normalized spacial score (nSPS) is 11.1. The molecule has 21 heavy (non-hydrogen) atoms. The van der Waals surface area contributed by atoms with Crippen molar-refractivity contribution >= 4 is 11.7 Å². The predicted octanol–water partition coefficient (Wildman–Crippen LogP) is 4.69. The Balaban J connectivity index is 3.19. The van der Waals surface area contributed by atoms with Crippen LogP contribution in [0.5, 0.6) is 0 Å². The average Bonchev–Trinajstić information content (AvgIpc) is 2.47. The lowest BCUT2D eigenvalue weighted by Crippen LogP contribution is -2.22. The topological polar surface area (TPSA) is 60.2 Å². The van der Waals surface area contributed by atoms with Crippen molar-refractivity contribution in [2.45, 2.75) is 90.4 Å². The van der Waals surface area contributed by atoms with E-state index in [1.165, 1.54) is 44.9 Å². The van der Waals surface area contributed by atoms with E-state index in [0.717, 1.165) is 32.1 Å². The number of allylic oxidation sites excluding steroid dienone is 2. The number of amides is 1. The van der Waals surface area contributed by atoms with Gasteiger partial charge in [0.15, 0.2) is 0 Å². The highest BCUT2D eigenvalue weighted by Gasteiger charge is 2.06. The van der Waals surface area contributed by atoms with Crippen LogP contribution in [0.15, 0.2) is 12.2 Å². The van der Waals surface area contributed by atoms with Gasteiger partial charge in [-0.05, 0) is 32.1 Å². The van der Waals surface area contributed by atoms with Gasteiger partial charge in [-0.1, -0.05) is 64.0 Å². The highest BCUT2D eigenvalue weighted by Crippen LogP contribution is 2.09. The Morgan fingerprint density at radius 2 is 1.24 bits per heavy atom. The average molecular weight is 295 g/mol. The Morgan fingerprint density at radius 1 is 0.762 bits per heavy atom. The number of hydrogen-bond donors (Lipinski definition) is 1.